The molecule has 0 saturated carbocycles. The molecule has 4 nitrogen and oxygen atoms in total. The molecule has 1 aromatic heterocycles. The number of aromatic nitrogens is 2. The normalized spacial score (nSPS) is 17.8. The first-order valence-corrected chi connectivity index (χ1v) is 7.09. The van der Waals surface area contributed by atoms with Crippen molar-refractivity contribution in [1.82, 2.24) is 9.55 Å². The second kappa shape index (κ2) is 5.77. The number of nitrogens with zero attached hydrogens (tertiary/aromatic N) is 2. The lowest BCUT2D eigenvalue weighted by atomic mass is 9.97. The number of ether oxygens (including phenoxy) is 1. The lowest BCUT2D eigenvalue weighted by molar-refractivity contribution is 0.120. The van der Waals surface area contributed by atoms with Gasteiger partial charge in [0.1, 0.15) is 0 Å². The summed E-state index contributed by atoms with van der Waals surface area (Å²) in [5.74, 6) is 0. The molecule has 0 radical (unpaired) electrons. The monoisotopic (exact) mass is 272 g/mol. The van der Waals surface area contributed by atoms with E-state index < -0.39 is 0 Å². The van der Waals surface area contributed by atoms with Crippen molar-refractivity contribution in [3.05, 3.63) is 42.4 Å². The SMILES string of the molecule is COCCCC(O)CC1c2ccccc2-c2cncn21. The van der Waals surface area contributed by atoms with Gasteiger partial charge in [-0.1, -0.05) is 24.3 Å². The molecule has 0 saturated heterocycles. The summed E-state index contributed by atoms with van der Waals surface area (Å²) in [6.07, 6.45) is 5.85. The minimum Gasteiger partial charge on any atom is -0.393 e. The number of imidazole rings is 1. The average Bonchev–Trinajstić information content (AvgIpc) is 3.03. The zero-order valence-electron chi connectivity index (χ0n) is 11.7. The Balaban J connectivity index is 1.77. The van der Waals surface area contributed by atoms with E-state index in [1.807, 2.05) is 18.6 Å². The Bertz CT molecular complexity index is 579. The van der Waals surface area contributed by atoms with Gasteiger partial charge < -0.3 is 14.4 Å². The molecule has 0 aliphatic carbocycles. The van der Waals surface area contributed by atoms with Crippen LogP contribution in [-0.4, -0.2) is 34.5 Å². The van der Waals surface area contributed by atoms with Crippen molar-refractivity contribution >= 4 is 0 Å². The number of hydrogen-bond acceptors (Lipinski definition) is 3. The summed E-state index contributed by atoms with van der Waals surface area (Å²) < 4.78 is 7.21. The van der Waals surface area contributed by atoms with Crippen LogP contribution < -0.4 is 0 Å². The van der Waals surface area contributed by atoms with E-state index >= 15 is 0 Å². The van der Waals surface area contributed by atoms with Crippen molar-refractivity contribution in [3.63, 3.8) is 0 Å². The Morgan fingerprint density at radius 1 is 1.40 bits per heavy atom. The molecule has 2 heterocycles. The smallest absolute Gasteiger partial charge is 0.0956 e. The molecule has 2 unspecified atom stereocenters. The third-order valence-electron chi connectivity index (χ3n) is 3.98. The van der Waals surface area contributed by atoms with Crippen molar-refractivity contribution < 1.29 is 9.84 Å². The molecule has 1 aliphatic heterocycles. The maximum absolute atomic E-state index is 10.2. The average molecular weight is 272 g/mol. The molecular formula is C16H20N2O2. The van der Waals surface area contributed by atoms with Gasteiger partial charge in [-0.3, -0.25) is 0 Å². The highest BCUT2D eigenvalue weighted by Gasteiger charge is 2.29. The maximum Gasteiger partial charge on any atom is 0.0956 e. The predicted molar refractivity (Wildman–Crippen MR) is 77.5 cm³/mol. The van der Waals surface area contributed by atoms with E-state index in [1.165, 1.54) is 11.1 Å². The highest BCUT2D eigenvalue weighted by molar-refractivity contribution is 5.68. The standard InChI is InChI=1S/C16H20N2O2/c1-20-8-4-5-12(19)9-15-13-6-2-3-7-14(13)16-10-17-11-18(15)16/h2-3,6-7,10-12,15,19H,4-5,8-9H2,1H3. The van der Waals surface area contributed by atoms with E-state index in [9.17, 15) is 5.11 Å². The van der Waals surface area contributed by atoms with Gasteiger partial charge in [-0.05, 0) is 24.8 Å². The summed E-state index contributed by atoms with van der Waals surface area (Å²) in [5, 5.41) is 10.2. The van der Waals surface area contributed by atoms with Crippen LogP contribution in [0.1, 0.15) is 30.9 Å². The minimum absolute atomic E-state index is 0.196. The molecule has 106 valence electrons. The zero-order valence-corrected chi connectivity index (χ0v) is 11.7. The summed E-state index contributed by atoms with van der Waals surface area (Å²) in [6.45, 7) is 0.703. The molecule has 20 heavy (non-hydrogen) atoms. The minimum atomic E-state index is -0.309. The van der Waals surface area contributed by atoms with Crippen LogP contribution in [-0.2, 0) is 4.74 Å². The second-order valence-corrected chi connectivity index (χ2v) is 5.31. The van der Waals surface area contributed by atoms with E-state index in [0.717, 1.165) is 25.0 Å². The van der Waals surface area contributed by atoms with Crippen molar-refractivity contribution in [2.45, 2.75) is 31.4 Å². The molecule has 1 N–H and O–H groups in total. The maximum atomic E-state index is 10.2. The molecule has 0 bridgehead atoms. The lowest BCUT2D eigenvalue weighted by Gasteiger charge is -2.18. The summed E-state index contributed by atoms with van der Waals surface area (Å²) in [6, 6.07) is 8.58. The van der Waals surface area contributed by atoms with Gasteiger partial charge in [0.15, 0.2) is 0 Å². The second-order valence-electron chi connectivity index (χ2n) is 5.31. The van der Waals surface area contributed by atoms with Crippen LogP contribution >= 0.6 is 0 Å². The fraction of sp³-hybridized carbons (Fsp3) is 0.438. The van der Waals surface area contributed by atoms with Crippen molar-refractivity contribution in [1.29, 1.82) is 0 Å². The lowest BCUT2D eigenvalue weighted by Crippen LogP contribution is -2.16. The molecule has 3 rings (SSSR count). The number of rotatable bonds is 6. The van der Waals surface area contributed by atoms with E-state index in [-0.39, 0.29) is 12.1 Å². The van der Waals surface area contributed by atoms with Crippen molar-refractivity contribution in [3.8, 4) is 11.3 Å². The van der Waals surface area contributed by atoms with Gasteiger partial charge in [0.2, 0.25) is 0 Å². The van der Waals surface area contributed by atoms with Gasteiger partial charge in [-0.25, -0.2) is 4.98 Å². The van der Waals surface area contributed by atoms with E-state index in [0.29, 0.717) is 6.61 Å². The number of methoxy groups -OCH3 is 1. The van der Waals surface area contributed by atoms with Crippen molar-refractivity contribution in [2.75, 3.05) is 13.7 Å². The number of aliphatic hydroxyl groups is 1. The number of hydrogen-bond donors (Lipinski definition) is 1. The summed E-state index contributed by atoms with van der Waals surface area (Å²) in [7, 11) is 1.69. The van der Waals surface area contributed by atoms with Gasteiger partial charge in [0, 0.05) is 19.3 Å². The number of fused-ring (bicyclic) bond motifs is 3. The summed E-state index contributed by atoms with van der Waals surface area (Å²) in [5.41, 5.74) is 3.67. The fourth-order valence-corrected chi connectivity index (χ4v) is 3.01. The third-order valence-corrected chi connectivity index (χ3v) is 3.98. The van der Waals surface area contributed by atoms with E-state index in [2.05, 4.69) is 27.8 Å². The largest absolute Gasteiger partial charge is 0.393 e. The number of benzene rings is 1. The zero-order chi connectivity index (χ0) is 13.9. The quantitative estimate of drug-likeness (QED) is 0.822. The molecular weight excluding hydrogens is 252 g/mol. The Labute approximate surface area is 119 Å². The van der Waals surface area contributed by atoms with Gasteiger partial charge in [-0.15, -0.1) is 0 Å². The van der Waals surface area contributed by atoms with Crippen LogP contribution in [0, 0.1) is 0 Å². The van der Waals surface area contributed by atoms with Gasteiger partial charge >= 0.3 is 0 Å². The van der Waals surface area contributed by atoms with Gasteiger partial charge in [-0.2, -0.15) is 0 Å². The predicted octanol–water partition coefficient (Wildman–Crippen LogP) is 2.63. The Hall–Kier alpha value is -1.65. The summed E-state index contributed by atoms with van der Waals surface area (Å²) >= 11 is 0. The molecule has 0 spiro atoms. The van der Waals surface area contributed by atoms with Crippen LogP contribution in [0.5, 0.6) is 0 Å². The van der Waals surface area contributed by atoms with Crippen LogP contribution in [0.3, 0.4) is 0 Å². The number of aliphatic hydroxyl groups excluding tert-OH is 1. The first kappa shape index (κ1) is 13.3. The third kappa shape index (κ3) is 2.37. The molecule has 2 atom stereocenters. The topological polar surface area (TPSA) is 47.3 Å². The first-order valence-electron chi connectivity index (χ1n) is 7.09. The Morgan fingerprint density at radius 3 is 3.10 bits per heavy atom. The van der Waals surface area contributed by atoms with E-state index in [1.54, 1.807) is 7.11 Å². The molecule has 4 heteroatoms. The molecule has 1 aromatic carbocycles. The van der Waals surface area contributed by atoms with Crippen LogP contribution in [0.25, 0.3) is 11.3 Å². The van der Waals surface area contributed by atoms with Crippen LogP contribution in [0.15, 0.2) is 36.8 Å². The molecule has 0 fully saturated rings. The van der Waals surface area contributed by atoms with Gasteiger partial charge in [0.05, 0.1) is 30.4 Å². The highest BCUT2D eigenvalue weighted by Crippen LogP contribution is 2.41. The Kier molecular flexibility index (Phi) is 3.85. The Morgan fingerprint density at radius 2 is 2.25 bits per heavy atom. The molecule has 2 aromatic rings. The summed E-state index contributed by atoms with van der Waals surface area (Å²) in [4.78, 5) is 4.24. The van der Waals surface area contributed by atoms with Crippen molar-refractivity contribution in [2.24, 2.45) is 0 Å². The van der Waals surface area contributed by atoms with Gasteiger partial charge in [0.25, 0.3) is 0 Å². The fourth-order valence-electron chi connectivity index (χ4n) is 3.01. The van der Waals surface area contributed by atoms with Crippen LogP contribution in [0.4, 0.5) is 0 Å². The van der Waals surface area contributed by atoms with E-state index in [4.69, 9.17) is 4.74 Å². The van der Waals surface area contributed by atoms with Crippen LogP contribution in [0.2, 0.25) is 0 Å². The molecule has 0 amide bonds. The molecule has 1 aliphatic rings. The highest BCUT2D eigenvalue weighted by atomic mass is 16.5. The first-order chi connectivity index (χ1) is 9.81.